The minimum Gasteiger partial charge on any atom is -0.283 e. The summed E-state index contributed by atoms with van der Waals surface area (Å²) in [5.41, 5.74) is 20.0. The van der Waals surface area contributed by atoms with Crippen molar-refractivity contribution in [3.8, 4) is 22.5 Å². The van der Waals surface area contributed by atoms with Gasteiger partial charge in [0.1, 0.15) is 33.1 Å². The van der Waals surface area contributed by atoms with E-state index in [4.69, 9.17) is 54.8 Å². The van der Waals surface area contributed by atoms with Crippen LogP contribution in [0.1, 0.15) is 162 Å². The summed E-state index contributed by atoms with van der Waals surface area (Å²) in [6.07, 6.45) is 5.97. The number of aryl methyl sites for hydroxylation is 2. The topological polar surface area (TPSA) is 154 Å². The molecule has 8 aromatic heterocycles. The Kier molecular flexibility index (Phi) is 13.7. The predicted octanol–water partition coefficient (Wildman–Crippen LogP) is 17.0. The van der Waals surface area contributed by atoms with Crippen LogP contribution in [0.25, 0.3) is 116 Å². The van der Waals surface area contributed by atoms with Crippen molar-refractivity contribution in [1.29, 1.82) is 0 Å². The molecule has 0 aliphatic rings. The van der Waals surface area contributed by atoms with Gasteiger partial charge in [0.25, 0.3) is 0 Å². The highest BCUT2D eigenvalue weighted by molar-refractivity contribution is 6.23. The number of allylic oxidation sites excluding steroid dienone is 2. The molecule has 3 aromatic carbocycles. The van der Waals surface area contributed by atoms with Crippen LogP contribution < -0.4 is 0 Å². The van der Waals surface area contributed by atoms with E-state index in [0.29, 0.717) is 74.6 Å². The molecule has 0 aliphatic heterocycles. The van der Waals surface area contributed by atoms with Gasteiger partial charge in [-0.3, -0.25) is 9.98 Å². The third-order valence-corrected chi connectivity index (χ3v) is 15.8. The molecular weight excluding hydrogens is 1010 g/mol. The van der Waals surface area contributed by atoms with Gasteiger partial charge >= 0.3 is 0 Å². The quantitative estimate of drug-likeness (QED) is 0.0734. The summed E-state index contributed by atoms with van der Waals surface area (Å²) in [5.74, 6) is 0. The maximum Gasteiger partial charge on any atom is 0.120 e. The number of fused-ring (bicyclic) bond motifs is 10. The summed E-state index contributed by atoms with van der Waals surface area (Å²) in [4.78, 5) is 65.7. The van der Waals surface area contributed by atoms with Crippen LogP contribution in [0.4, 0.5) is 0 Å². The van der Waals surface area contributed by atoms with Gasteiger partial charge in [-0.1, -0.05) is 117 Å². The Labute approximate surface area is 481 Å². The molecule has 414 valence electrons. The lowest BCUT2D eigenvalue weighted by Crippen LogP contribution is -2.14. The highest BCUT2D eigenvalue weighted by atomic mass is 14.9. The first-order valence-corrected chi connectivity index (χ1v) is 28.9. The molecule has 0 unspecified atom stereocenters. The second kappa shape index (κ2) is 20.3. The minimum atomic E-state index is -0.271. The zero-order valence-electron chi connectivity index (χ0n) is 50.7. The molecule has 0 amide bonds. The lowest BCUT2D eigenvalue weighted by molar-refractivity contribution is 0.589. The number of nitrogens with zero attached hydrogens (tertiary/aromatic N) is 12. The molecule has 0 radical (unpaired) electrons. The number of rotatable bonds is 10. The number of hydrogen-bond donors (Lipinski definition) is 0. The van der Waals surface area contributed by atoms with Crippen LogP contribution in [-0.4, -0.2) is 68.8 Å². The summed E-state index contributed by atoms with van der Waals surface area (Å²) < 4.78 is 0. The van der Waals surface area contributed by atoms with Crippen molar-refractivity contribution >= 4 is 106 Å². The maximum absolute atomic E-state index is 5.85. The summed E-state index contributed by atoms with van der Waals surface area (Å²) >= 11 is 0. The van der Waals surface area contributed by atoms with Crippen LogP contribution in [0, 0.1) is 0 Å². The van der Waals surface area contributed by atoms with E-state index in [-0.39, 0.29) is 21.7 Å². The van der Waals surface area contributed by atoms with Gasteiger partial charge in [-0.15, -0.1) is 0 Å². The van der Waals surface area contributed by atoms with Crippen LogP contribution in [0.3, 0.4) is 0 Å². The van der Waals surface area contributed by atoms with Gasteiger partial charge in [0, 0.05) is 28.4 Å². The Bertz CT molecular complexity index is 4290. The number of aliphatic imine (C=N–C) groups is 2. The van der Waals surface area contributed by atoms with E-state index in [1.165, 1.54) is 0 Å². The normalized spacial score (nSPS) is 13.3. The third-order valence-electron chi connectivity index (χ3n) is 15.8. The molecule has 12 nitrogen and oxygen atoms in total. The Hall–Kier alpha value is -8.38. The van der Waals surface area contributed by atoms with Crippen LogP contribution >= 0.6 is 0 Å². The number of aromatic nitrogens is 10. The predicted molar refractivity (Wildman–Crippen MR) is 344 cm³/mol. The van der Waals surface area contributed by atoms with Gasteiger partial charge in [-0.2, -0.15) is 0 Å². The smallest absolute Gasteiger partial charge is 0.120 e. The minimum absolute atomic E-state index is 0.236. The summed E-state index contributed by atoms with van der Waals surface area (Å²) in [5, 5.41) is 1.60. The second-order valence-corrected chi connectivity index (χ2v) is 25.8. The first-order chi connectivity index (χ1) is 38.8. The molecule has 0 saturated carbocycles. The highest BCUT2D eigenvalue weighted by Crippen LogP contribution is 2.42. The molecule has 82 heavy (non-hydrogen) atoms. The third kappa shape index (κ3) is 9.73. The Morgan fingerprint density at radius 1 is 0.427 bits per heavy atom. The molecule has 8 heterocycles. The number of pyridine rings is 4. The molecule has 8 bridgehead atoms. The second-order valence-electron chi connectivity index (χ2n) is 25.8. The number of benzene rings is 3. The Morgan fingerprint density at radius 2 is 0.805 bits per heavy atom. The van der Waals surface area contributed by atoms with Gasteiger partial charge in [0.2, 0.25) is 0 Å². The summed E-state index contributed by atoms with van der Waals surface area (Å²) in [7, 11) is 0. The van der Waals surface area contributed by atoms with Crippen molar-refractivity contribution in [2.45, 2.75) is 152 Å². The average molecular weight is 1080 g/mol. The van der Waals surface area contributed by atoms with Gasteiger partial charge in [-0.25, -0.2) is 49.8 Å². The zero-order chi connectivity index (χ0) is 58.5. The van der Waals surface area contributed by atoms with Crippen molar-refractivity contribution in [1.82, 2.24) is 49.8 Å². The largest absolute Gasteiger partial charge is 0.283 e. The van der Waals surface area contributed by atoms with E-state index in [9.17, 15) is 0 Å². The maximum atomic E-state index is 5.85. The van der Waals surface area contributed by atoms with Crippen LogP contribution in [0.2, 0.25) is 0 Å². The van der Waals surface area contributed by atoms with E-state index in [0.717, 1.165) is 118 Å². The molecule has 12 heteroatoms. The number of hydrogen-bond acceptors (Lipinski definition) is 12. The van der Waals surface area contributed by atoms with Crippen molar-refractivity contribution in [3.63, 3.8) is 0 Å². The van der Waals surface area contributed by atoms with Gasteiger partial charge < -0.3 is 0 Å². The first kappa shape index (κ1) is 55.5. The van der Waals surface area contributed by atoms with Crippen molar-refractivity contribution in [2.75, 3.05) is 6.54 Å². The van der Waals surface area contributed by atoms with Gasteiger partial charge in [-0.05, 0) is 156 Å². The molecule has 0 aliphatic carbocycles. The molecule has 0 N–H and O–H groups in total. The van der Waals surface area contributed by atoms with Crippen molar-refractivity contribution in [3.05, 3.63) is 137 Å². The van der Waals surface area contributed by atoms with E-state index in [2.05, 4.69) is 201 Å². The van der Waals surface area contributed by atoms with Gasteiger partial charge in [0.05, 0.1) is 89.7 Å². The molecule has 11 aromatic rings. The van der Waals surface area contributed by atoms with E-state index in [1.807, 2.05) is 6.92 Å². The standard InChI is InChI=1S/C70H74N12/c1-19-24-48(71-18)54-34-38(68(9,10)11)30-50(74-54)42-26-28-44-52-32-40(70(15,16)17)36-56(76-52)55-35-39(69(12,13)14)31-51(75-55)43-27-25-41(49-29-37(67(6,7)8)33-53(73-49)45(20-2)72-23-5)57-59(43)81-65-63(79-57)61-62(78-47(22-4)46(21-3)77-61)64-66(65)82-60(44)58(42)80-64/h20,24-36H,2,18-19,21-23H2,1,3-17H3/b48-24-,72-45?. The zero-order valence-corrected chi connectivity index (χ0v) is 50.7. The fourth-order valence-corrected chi connectivity index (χ4v) is 11.0. The molecular formula is C70H74N12. The van der Waals surface area contributed by atoms with Crippen LogP contribution in [-0.2, 0) is 34.5 Å². The Morgan fingerprint density at radius 3 is 1.18 bits per heavy atom. The molecule has 0 atom stereocenters. The molecule has 11 rings (SSSR count). The first-order valence-electron chi connectivity index (χ1n) is 28.9. The lowest BCUT2D eigenvalue weighted by atomic mass is 9.85. The molecule has 0 saturated heterocycles. The van der Waals surface area contributed by atoms with Crippen LogP contribution in [0.5, 0.6) is 0 Å². The van der Waals surface area contributed by atoms with E-state index >= 15 is 0 Å². The van der Waals surface area contributed by atoms with Crippen LogP contribution in [0.15, 0.2) is 102 Å². The fourth-order valence-electron chi connectivity index (χ4n) is 11.0. The SMILES string of the molecule is C=CC(=NCC)c1cc(C(C)(C)C)cc(-c2ccc3c4cc(C(C)(C)C)cc(n4)c4cc(C(C)(C)C)cc(n4)c4ccc(-c5cc(C(C)(C)C)cc(/C(=C/CC)N=C)n5)c5nc6c7nc(CC)c(CC)nc7c7nc2c3nc7c6nc54)n1. The summed E-state index contributed by atoms with van der Waals surface area (Å²) in [6, 6.07) is 25.9. The molecule has 0 spiro atoms. The fraction of sp³-hybridized carbons (Fsp3) is 0.343. The van der Waals surface area contributed by atoms with E-state index < -0.39 is 0 Å². The van der Waals surface area contributed by atoms with Crippen molar-refractivity contribution < 1.29 is 0 Å². The summed E-state index contributed by atoms with van der Waals surface area (Å²) in [6.45, 7) is 43.8. The lowest BCUT2D eigenvalue weighted by Gasteiger charge is -2.22. The molecule has 0 fully saturated rings. The monoisotopic (exact) mass is 1080 g/mol. The van der Waals surface area contributed by atoms with Gasteiger partial charge in [0.15, 0.2) is 0 Å². The average Bonchev–Trinajstić information content (AvgIpc) is 1.10. The highest BCUT2D eigenvalue weighted by Gasteiger charge is 2.28. The Balaban J connectivity index is 1.43. The van der Waals surface area contributed by atoms with Crippen molar-refractivity contribution in [2.24, 2.45) is 9.98 Å². The van der Waals surface area contributed by atoms with E-state index in [1.54, 1.807) is 6.08 Å².